The molecule has 128 valence electrons. The van der Waals surface area contributed by atoms with E-state index >= 15 is 0 Å². The fraction of sp³-hybridized carbons (Fsp3) is 0.200. The summed E-state index contributed by atoms with van der Waals surface area (Å²) < 4.78 is 5.26. The summed E-state index contributed by atoms with van der Waals surface area (Å²) >= 11 is 0. The van der Waals surface area contributed by atoms with Crippen molar-refractivity contribution < 1.29 is 4.74 Å². The van der Waals surface area contributed by atoms with Gasteiger partial charge in [0, 0.05) is 25.3 Å². The van der Waals surface area contributed by atoms with Gasteiger partial charge in [-0.3, -0.25) is 0 Å². The molecule has 0 aliphatic rings. The third-order valence-corrected chi connectivity index (χ3v) is 3.99. The Hall–Kier alpha value is -3.08. The Bertz CT molecular complexity index is 808. The first-order chi connectivity index (χ1) is 12.3. The molecule has 0 unspecified atom stereocenters. The minimum atomic E-state index is 0.790. The summed E-state index contributed by atoms with van der Waals surface area (Å²) in [5.74, 6) is 2.55. The van der Waals surface area contributed by atoms with E-state index in [0.717, 1.165) is 36.0 Å². The first kappa shape index (κ1) is 16.8. The van der Waals surface area contributed by atoms with Crippen molar-refractivity contribution in [3.63, 3.8) is 0 Å². The van der Waals surface area contributed by atoms with Crippen LogP contribution in [0.5, 0.6) is 5.75 Å². The van der Waals surface area contributed by atoms with Crippen LogP contribution in [0.3, 0.4) is 0 Å². The average Bonchev–Trinajstić information content (AvgIpc) is 2.68. The number of para-hydroxylation sites is 1. The van der Waals surface area contributed by atoms with Crippen molar-refractivity contribution >= 4 is 17.3 Å². The van der Waals surface area contributed by atoms with Gasteiger partial charge in [0.2, 0.25) is 0 Å². The van der Waals surface area contributed by atoms with Crippen LogP contribution in [0.15, 0.2) is 67.0 Å². The molecule has 0 saturated heterocycles. The molecule has 1 aromatic heterocycles. The number of hydrogen-bond acceptors (Lipinski definition) is 5. The van der Waals surface area contributed by atoms with Crippen LogP contribution in [0.2, 0.25) is 0 Å². The minimum Gasteiger partial charge on any atom is -0.497 e. The fourth-order valence-electron chi connectivity index (χ4n) is 2.57. The maximum atomic E-state index is 5.26. The van der Waals surface area contributed by atoms with E-state index in [0.29, 0.717) is 0 Å². The number of anilines is 3. The molecule has 0 saturated carbocycles. The van der Waals surface area contributed by atoms with E-state index in [1.54, 1.807) is 13.4 Å². The Morgan fingerprint density at radius 3 is 2.64 bits per heavy atom. The fourth-order valence-corrected chi connectivity index (χ4v) is 2.57. The molecule has 3 rings (SSSR count). The summed E-state index contributed by atoms with van der Waals surface area (Å²) in [7, 11) is 3.68. The predicted octanol–water partition coefficient (Wildman–Crippen LogP) is 3.91. The van der Waals surface area contributed by atoms with E-state index in [-0.39, 0.29) is 0 Å². The molecule has 3 aromatic rings. The van der Waals surface area contributed by atoms with Crippen molar-refractivity contribution in [1.29, 1.82) is 0 Å². The zero-order valence-corrected chi connectivity index (χ0v) is 14.5. The monoisotopic (exact) mass is 334 g/mol. The van der Waals surface area contributed by atoms with Crippen molar-refractivity contribution in [2.75, 3.05) is 30.9 Å². The van der Waals surface area contributed by atoms with E-state index in [1.165, 1.54) is 5.56 Å². The molecule has 5 nitrogen and oxygen atoms in total. The quantitative estimate of drug-likeness (QED) is 0.710. The van der Waals surface area contributed by atoms with Crippen molar-refractivity contribution in [2.24, 2.45) is 0 Å². The maximum Gasteiger partial charge on any atom is 0.138 e. The summed E-state index contributed by atoms with van der Waals surface area (Å²) in [6.07, 6.45) is 2.48. The number of rotatable bonds is 7. The molecule has 0 spiro atoms. The van der Waals surface area contributed by atoms with Gasteiger partial charge in [-0.1, -0.05) is 30.3 Å². The molecule has 2 aromatic carbocycles. The largest absolute Gasteiger partial charge is 0.497 e. The highest BCUT2D eigenvalue weighted by Crippen LogP contribution is 2.22. The average molecular weight is 334 g/mol. The van der Waals surface area contributed by atoms with E-state index in [2.05, 4.69) is 39.6 Å². The second kappa shape index (κ2) is 8.15. The molecule has 0 radical (unpaired) electrons. The highest BCUT2D eigenvalue weighted by Gasteiger charge is 2.06. The lowest BCUT2D eigenvalue weighted by Gasteiger charge is -2.18. The van der Waals surface area contributed by atoms with Crippen molar-refractivity contribution in [1.82, 2.24) is 9.97 Å². The minimum absolute atomic E-state index is 0.790. The molecular formula is C20H22N4O. The van der Waals surface area contributed by atoms with Crippen LogP contribution in [-0.4, -0.2) is 30.7 Å². The SMILES string of the molecule is COc1cccc(CCNc2cc(N(C)c3ccccc3)ncn2)c1. The van der Waals surface area contributed by atoms with Gasteiger partial charge in [-0.2, -0.15) is 0 Å². The molecule has 0 aliphatic heterocycles. The van der Waals surface area contributed by atoms with Gasteiger partial charge in [-0.15, -0.1) is 0 Å². The molecule has 0 amide bonds. The number of methoxy groups -OCH3 is 1. The molecule has 1 heterocycles. The Kier molecular flexibility index (Phi) is 5.46. The first-order valence-corrected chi connectivity index (χ1v) is 8.24. The molecule has 0 fully saturated rings. The zero-order chi connectivity index (χ0) is 17.5. The van der Waals surface area contributed by atoms with Gasteiger partial charge >= 0.3 is 0 Å². The number of hydrogen-bond donors (Lipinski definition) is 1. The van der Waals surface area contributed by atoms with Gasteiger partial charge in [-0.25, -0.2) is 9.97 Å². The van der Waals surface area contributed by atoms with Crippen LogP contribution in [-0.2, 0) is 6.42 Å². The third-order valence-electron chi connectivity index (χ3n) is 3.99. The van der Waals surface area contributed by atoms with E-state index < -0.39 is 0 Å². The number of benzene rings is 2. The summed E-state index contributed by atoms with van der Waals surface area (Å²) in [6.45, 7) is 0.790. The van der Waals surface area contributed by atoms with Gasteiger partial charge < -0.3 is 15.0 Å². The van der Waals surface area contributed by atoms with Gasteiger partial charge in [0.25, 0.3) is 0 Å². The van der Waals surface area contributed by atoms with Crippen molar-refractivity contribution in [3.05, 3.63) is 72.6 Å². The summed E-state index contributed by atoms with van der Waals surface area (Å²) in [5.41, 5.74) is 2.31. The molecule has 25 heavy (non-hydrogen) atoms. The van der Waals surface area contributed by atoms with Crippen LogP contribution >= 0.6 is 0 Å². The summed E-state index contributed by atoms with van der Waals surface area (Å²) in [6, 6.07) is 20.2. The second-order valence-corrected chi connectivity index (χ2v) is 5.68. The van der Waals surface area contributed by atoms with Crippen LogP contribution in [0.4, 0.5) is 17.3 Å². The normalized spacial score (nSPS) is 10.3. The van der Waals surface area contributed by atoms with Crippen LogP contribution in [0, 0.1) is 0 Å². The summed E-state index contributed by atoms with van der Waals surface area (Å²) in [5, 5.41) is 3.36. The predicted molar refractivity (Wildman–Crippen MR) is 102 cm³/mol. The Balaban J connectivity index is 1.62. The third kappa shape index (κ3) is 4.47. The van der Waals surface area contributed by atoms with Crippen molar-refractivity contribution in [2.45, 2.75) is 6.42 Å². The Labute approximate surface area is 148 Å². The number of nitrogens with zero attached hydrogens (tertiary/aromatic N) is 3. The molecule has 0 aliphatic carbocycles. The topological polar surface area (TPSA) is 50.3 Å². The van der Waals surface area contributed by atoms with E-state index in [9.17, 15) is 0 Å². The lowest BCUT2D eigenvalue weighted by molar-refractivity contribution is 0.414. The zero-order valence-electron chi connectivity index (χ0n) is 14.5. The number of ether oxygens (including phenoxy) is 1. The van der Waals surface area contributed by atoms with Crippen LogP contribution < -0.4 is 15.0 Å². The Morgan fingerprint density at radius 2 is 1.84 bits per heavy atom. The highest BCUT2D eigenvalue weighted by atomic mass is 16.5. The van der Waals surface area contributed by atoms with Gasteiger partial charge in [0.1, 0.15) is 23.7 Å². The molecule has 0 bridgehead atoms. The lowest BCUT2D eigenvalue weighted by Crippen LogP contribution is -2.13. The van der Waals surface area contributed by atoms with Gasteiger partial charge in [-0.05, 0) is 36.2 Å². The molecule has 5 heteroatoms. The first-order valence-electron chi connectivity index (χ1n) is 8.24. The van der Waals surface area contributed by atoms with Crippen LogP contribution in [0.1, 0.15) is 5.56 Å². The molecular weight excluding hydrogens is 312 g/mol. The van der Waals surface area contributed by atoms with Crippen LogP contribution in [0.25, 0.3) is 0 Å². The smallest absolute Gasteiger partial charge is 0.138 e. The van der Waals surface area contributed by atoms with E-state index in [1.807, 2.05) is 48.3 Å². The second-order valence-electron chi connectivity index (χ2n) is 5.68. The van der Waals surface area contributed by atoms with E-state index in [4.69, 9.17) is 4.74 Å². The number of nitrogens with one attached hydrogen (secondary N) is 1. The van der Waals surface area contributed by atoms with Crippen molar-refractivity contribution in [3.8, 4) is 5.75 Å². The highest BCUT2D eigenvalue weighted by molar-refractivity contribution is 5.61. The van der Waals surface area contributed by atoms with Gasteiger partial charge in [0.05, 0.1) is 7.11 Å². The maximum absolute atomic E-state index is 5.26. The van der Waals surface area contributed by atoms with Gasteiger partial charge in [0.15, 0.2) is 0 Å². The molecule has 0 atom stereocenters. The standard InChI is InChI=1S/C20H22N4O/c1-24(17-8-4-3-5-9-17)20-14-19(22-15-23-20)21-12-11-16-7-6-10-18(13-16)25-2/h3-10,13-15H,11-12H2,1-2H3,(H,21,22,23). The number of aromatic nitrogens is 2. The lowest BCUT2D eigenvalue weighted by atomic mass is 10.1. The molecule has 1 N–H and O–H groups in total. The Morgan fingerprint density at radius 1 is 1.00 bits per heavy atom. The summed E-state index contributed by atoms with van der Waals surface area (Å²) in [4.78, 5) is 10.7.